The Morgan fingerprint density at radius 2 is 1.59 bits per heavy atom. The van der Waals surface area contributed by atoms with Crippen molar-refractivity contribution in [1.29, 1.82) is 0 Å². The lowest BCUT2D eigenvalue weighted by molar-refractivity contribution is 0.503. The van der Waals surface area contributed by atoms with Gasteiger partial charge in [0.2, 0.25) is 0 Å². The summed E-state index contributed by atoms with van der Waals surface area (Å²) in [4.78, 5) is 4.06. The van der Waals surface area contributed by atoms with E-state index in [1.807, 2.05) is 72.8 Å². The molecular weight excluding hydrogens is 355 g/mol. The summed E-state index contributed by atoms with van der Waals surface area (Å²) in [6, 6.07) is 25.3. The Labute approximate surface area is 157 Å². The van der Waals surface area contributed by atoms with Crippen molar-refractivity contribution in [2.75, 3.05) is 5.32 Å². The number of hydrogen-bond acceptors (Lipinski definition) is 4. The maximum absolute atomic E-state index is 14.2. The summed E-state index contributed by atoms with van der Waals surface area (Å²) < 4.78 is 20.4. The molecule has 0 fully saturated rings. The molecule has 2 heterocycles. The van der Waals surface area contributed by atoms with Crippen LogP contribution in [0.3, 0.4) is 0 Å². The Balaban J connectivity index is 1.71. The van der Waals surface area contributed by atoms with Crippen LogP contribution in [0.4, 0.5) is 5.69 Å². The van der Waals surface area contributed by atoms with Gasteiger partial charge in [-0.25, -0.2) is 0 Å². The zero-order chi connectivity index (χ0) is 18.3. The van der Waals surface area contributed by atoms with E-state index in [1.54, 1.807) is 12.4 Å². The third kappa shape index (κ3) is 2.61. The third-order valence-corrected chi connectivity index (χ3v) is 7.43. The first kappa shape index (κ1) is 16.1. The van der Waals surface area contributed by atoms with Crippen molar-refractivity contribution >= 4 is 29.1 Å². The van der Waals surface area contributed by atoms with Crippen molar-refractivity contribution in [3.8, 4) is 5.75 Å². The van der Waals surface area contributed by atoms with Gasteiger partial charge in [-0.15, -0.1) is 0 Å². The highest BCUT2D eigenvalue weighted by molar-refractivity contribution is 7.68. The Kier molecular flexibility index (Phi) is 3.73. The third-order valence-electron chi connectivity index (χ3n) is 4.87. The second-order valence-corrected chi connectivity index (χ2v) is 8.92. The van der Waals surface area contributed by atoms with Crippen molar-refractivity contribution in [3.05, 3.63) is 96.8 Å². The molecule has 1 aliphatic heterocycles. The molecule has 0 aliphatic carbocycles. The molecule has 4 aromatic rings. The minimum absolute atomic E-state index is 0.457. The van der Waals surface area contributed by atoms with Gasteiger partial charge >= 0.3 is 7.37 Å². The van der Waals surface area contributed by atoms with E-state index in [-0.39, 0.29) is 0 Å². The maximum Gasteiger partial charge on any atom is 0.303 e. The van der Waals surface area contributed by atoms with Gasteiger partial charge in [0.25, 0.3) is 0 Å². The fraction of sp³-hybridized carbons (Fsp3) is 0.0455. The zero-order valence-electron chi connectivity index (χ0n) is 14.4. The number of pyridine rings is 1. The van der Waals surface area contributed by atoms with Crippen LogP contribution in [0.15, 0.2) is 91.3 Å². The van der Waals surface area contributed by atoms with Crippen molar-refractivity contribution in [2.45, 2.75) is 5.78 Å². The van der Waals surface area contributed by atoms with E-state index >= 15 is 0 Å². The van der Waals surface area contributed by atoms with Gasteiger partial charge in [0.15, 0.2) is 0 Å². The van der Waals surface area contributed by atoms with Crippen molar-refractivity contribution in [1.82, 2.24) is 4.98 Å². The van der Waals surface area contributed by atoms with Crippen LogP contribution in [0.25, 0.3) is 10.8 Å². The van der Waals surface area contributed by atoms with E-state index in [2.05, 4.69) is 16.4 Å². The van der Waals surface area contributed by atoms with Crippen LogP contribution in [-0.2, 0) is 4.57 Å². The van der Waals surface area contributed by atoms with Gasteiger partial charge in [0, 0.05) is 29.0 Å². The van der Waals surface area contributed by atoms with Crippen molar-refractivity contribution < 1.29 is 9.09 Å². The standard InChI is InChI=1S/C22H17N2O2P/c25-27(18-7-2-1-3-8-18)22(24-17-12-14-23-15-13-17)20-11-10-16-6-4-5-9-19(16)21(20)26-27/h1-15,22H,(H,23,24)/t22-,27-/m0/s1. The fourth-order valence-electron chi connectivity index (χ4n) is 3.55. The van der Waals surface area contributed by atoms with E-state index in [0.717, 1.165) is 22.0 Å². The summed E-state index contributed by atoms with van der Waals surface area (Å²) >= 11 is 0. The monoisotopic (exact) mass is 372 g/mol. The minimum Gasteiger partial charge on any atom is -0.437 e. The smallest absolute Gasteiger partial charge is 0.303 e. The molecule has 132 valence electrons. The topological polar surface area (TPSA) is 51.2 Å². The predicted molar refractivity (Wildman–Crippen MR) is 109 cm³/mol. The van der Waals surface area contributed by atoms with Crippen LogP contribution in [-0.4, -0.2) is 4.98 Å². The number of nitrogens with one attached hydrogen (secondary N) is 1. The fourth-order valence-corrected chi connectivity index (χ4v) is 6.01. The summed E-state index contributed by atoms with van der Waals surface area (Å²) in [6.07, 6.45) is 3.43. The summed E-state index contributed by atoms with van der Waals surface area (Å²) in [5.74, 6) is 0.244. The van der Waals surface area contributed by atoms with E-state index in [0.29, 0.717) is 11.1 Å². The molecular formula is C22H17N2O2P. The number of rotatable bonds is 3. The van der Waals surface area contributed by atoms with E-state index in [1.165, 1.54) is 0 Å². The SMILES string of the molecule is O=[P@@]1(c2ccccc2)Oc2c(ccc3ccccc23)[C@H]1Nc1ccncc1. The Hall–Kier alpha value is -3.10. The number of fused-ring (bicyclic) bond motifs is 3. The van der Waals surface area contributed by atoms with E-state index in [9.17, 15) is 4.57 Å². The molecule has 1 aromatic heterocycles. The molecule has 0 saturated carbocycles. The second kappa shape index (κ2) is 6.26. The first-order chi connectivity index (χ1) is 13.3. The molecule has 0 bridgehead atoms. The van der Waals surface area contributed by atoms with Gasteiger partial charge in [-0.05, 0) is 29.7 Å². The highest BCUT2D eigenvalue weighted by atomic mass is 31.2. The predicted octanol–water partition coefficient (Wildman–Crippen LogP) is 5.34. The molecule has 0 amide bonds. The van der Waals surface area contributed by atoms with Crippen molar-refractivity contribution in [3.63, 3.8) is 0 Å². The maximum atomic E-state index is 14.2. The molecule has 4 nitrogen and oxygen atoms in total. The Bertz CT molecular complexity index is 1160. The van der Waals surface area contributed by atoms with Gasteiger partial charge in [-0.3, -0.25) is 9.55 Å². The normalized spacial score (nSPS) is 20.8. The number of benzene rings is 3. The first-order valence-corrected chi connectivity index (χ1v) is 10.5. The molecule has 0 unspecified atom stereocenters. The molecule has 1 N–H and O–H groups in total. The molecule has 0 spiro atoms. The lowest BCUT2D eigenvalue weighted by atomic mass is 10.1. The first-order valence-electron chi connectivity index (χ1n) is 8.79. The van der Waals surface area contributed by atoms with Crippen LogP contribution in [0.1, 0.15) is 11.3 Å². The largest absolute Gasteiger partial charge is 0.437 e. The molecule has 2 atom stereocenters. The lowest BCUT2D eigenvalue weighted by Crippen LogP contribution is -2.16. The number of nitrogens with zero attached hydrogens (tertiary/aromatic N) is 1. The van der Waals surface area contributed by atoms with E-state index < -0.39 is 13.2 Å². The molecule has 5 rings (SSSR count). The molecule has 27 heavy (non-hydrogen) atoms. The number of anilines is 1. The zero-order valence-corrected chi connectivity index (χ0v) is 15.3. The van der Waals surface area contributed by atoms with Crippen molar-refractivity contribution in [2.24, 2.45) is 0 Å². The lowest BCUT2D eigenvalue weighted by Gasteiger charge is -2.21. The average molecular weight is 372 g/mol. The van der Waals surface area contributed by atoms with Crippen LogP contribution in [0.2, 0.25) is 0 Å². The number of aromatic nitrogens is 1. The van der Waals surface area contributed by atoms with E-state index in [4.69, 9.17) is 4.52 Å². The quantitative estimate of drug-likeness (QED) is 0.493. The summed E-state index contributed by atoms with van der Waals surface area (Å²) in [5, 5.41) is 6.17. The molecule has 3 aromatic carbocycles. The summed E-state index contributed by atoms with van der Waals surface area (Å²) in [7, 11) is -3.22. The van der Waals surface area contributed by atoms with Crippen LogP contribution in [0.5, 0.6) is 5.75 Å². The summed E-state index contributed by atoms with van der Waals surface area (Å²) in [5.41, 5.74) is 1.77. The minimum atomic E-state index is -3.22. The van der Waals surface area contributed by atoms with Gasteiger partial charge in [-0.1, -0.05) is 54.6 Å². The van der Waals surface area contributed by atoms with Gasteiger partial charge in [-0.2, -0.15) is 0 Å². The molecule has 0 radical (unpaired) electrons. The molecule has 0 saturated heterocycles. The highest BCUT2D eigenvalue weighted by Gasteiger charge is 2.46. The molecule has 1 aliphatic rings. The summed E-state index contributed by atoms with van der Waals surface area (Å²) in [6.45, 7) is 0. The highest BCUT2D eigenvalue weighted by Crippen LogP contribution is 2.66. The Morgan fingerprint density at radius 1 is 0.852 bits per heavy atom. The average Bonchev–Trinajstić information content (AvgIpc) is 3.03. The van der Waals surface area contributed by atoms with Crippen LogP contribution >= 0.6 is 7.37 Å². The Morgan fingerprint density at radius 3 is 2.41 bits per heavy atom. The second-order valence-electron chi connectivity index (χ2n) is 6.51. The van der Waals surface area contributed by atoms with Gasteiger partial charge < -0.3 is 9.84 Å². The molecule has 5 heteroatoms. The van der Waals surface area contributed by atoms with Gasteiger partial charge in [0.1, 0.15) is 11.5 Å². The number of hydrogen-bond donors (Lipinski definition) is 1. The van der Waals surface area contributed by atoms with Crippen LogP contribution in [0, 0.1) is 0 Å². The van der Waals surface area contributed by atoms with Gasteiger partial charge in [0.05, 0.1) is 5.30 Å². The van der Waals surface area contributed by atoms with Crippen LogP contribution < -0.4 is 15.1 Å².